The summed E-state index contributed by atoms with van der Waals surface area (Å²) in [5.74, 6) is -1.22. The van der Waals surface area contributed by atoms with Crippen molar-refractivity contribution < 1.29 is 49.3 Å². The fourth-order valence-corrected chi connectivity index (χ4v) is 10.2. The molecule has 0 bridgehead atoms. The third kappa shape index (κ3) is 50.8. The normalized spacial score (nSPS) is 19.0. The molecule has 1 aliphatic rings. The number of hydrogen-bond acceptors (Lipinski definition) is 10. The molecule has 1 saturated heterocycles. The SMILES string of the molecule is CC/C=C\C/C=C\C/C=C\C/C=C\C/C=C\C/C=C\CCCCCCCCCCC(=O)OC1C(OCC(NC(=O)C(O)CCCCCCCC/C=C\C/C=C\C/C=C\C/C=C\C/C=C\CC)C(O)/C=C/CCCCCCCCCCC)OC(CO)C(O)C1O. The van der Waals surface area contributed by atoms with Gasteiger partial charge in [-0.2, -0.15) is 0 Å². The predicted octanol–water partition coefficient (Wildman–Crippen LogP) is 18.5. The predicted molar refractivity (Wildman–Crippen MR) is 374 cm³/mol. The van der Waals surface area contributed by atoms with Crippen LogP contribution in [0, 0.1) is 0 Å². The molecule has 8 unspecified atom stereocenters. The van der Waals surface area contributed by atoms with Crippen molar-refractivity contribution in [2.45, 2.75) is 320 Å². The highest BCUT2D eigenvalue weighted by atomic mass is 16.7. The van der Waals surface area contributed by atoms with Gasteiger partial charge in [-0.3, -0.25) is 9.59 Å². The van der Waals surface area contributed by atoms with Crippen molar-refractivity contribution in [3.63, 3.8) is 0 Å². The van der Waals surface area contributed by atoms with Crippen LogP contribution in [-0.2, 0) is 23.8 Å². The molecule has 89 heavy (non-hydrogen) atoms. The van der Waals surface area contributed by atoms with Gasteiger partial charge < -0.3 is 45.1 Å². The molecule has 0 aromatic heterocycles. The molecule has 506 valence electrons. The van der Waals surface area contributed by atoms with E-state index in [0.717, 1.165) is 167 Å². The number of aliphatic hydroxyl groups is 5. The second kappa shape index (κ2) is 63.7. The first-order chi connectivity index (χ1) is 43.7. The number of aliphatic hydroxyl groups excluding tert-OH is 5. The van der Waals surface area contributed by atoms with E-state index < -0.39 is 67.4 Å². The molecule has 0 spiro atoms. The number of carbonyl (C=O) groups is 2. The molecule has 0 aliphatic carbocycles. The molecule has 1 heterocycles. The van der Waals surface area contributed by atoms with Crippen LogP contribution in [0.25, 0.3) is 0 Å². The Morgan fingerprint density at radius 1 is 0.449 bits per heavy atom. The fraction of sp³-hybridized carbons (Fsp3) is 0.667. The molecule has 1 amide bonds. The van der Waals surface area contributed by atoms with Gasteiger partial charge in [0.2, 0.25) is 5.91 Å². The highest BCUT2D eigenvalue weighted by Crippen LogP contribution is 2.26. The zero-order chi connectivity index (χ0) is 64.6. The van der Waals surface area contributed by atoms with Gasteiger partial charge in [0.1, 0.15) is 24.4 Å². The summed E-state index contributed by atoms with van der Waals surface area (Å²) in [6.07, 6.45) is 81.6. The van der Waals surface area contributed by atoms with E-state index in [1.54, 1.807) is 6.08 Å². The molecule has 1 rings (SSSR count). The fourth-order valence-electron chi connectivity index (χ4n) is 10.2. The number of amides is 1. The van der Waals surface area contributed by atoms with Crippen molar-refractivity contribution in [1.82, 2.24) is 5.32 Å². The molecule has 8 atom stereocenters. The number of nitrogens with one attached hydrogen (secondary N) is 1. The Morgan fingerprint density at radius 2 is 0.809 bits per heavy atom. The van der Waals surface area contributed by atoms with Crippen molar-refractivity contribution >= 4 is 11.9 Å². The summed E-state index contributed by atoms with van der Waals surface area (Å²) in [5, 5.41) is 57.2. The standard InChI is InChI=1S/C78H129NO10/c1-4-7-10-13-16-19-22-24-26-28-30-32-34-35-36-37-38-40-42-44-46-48-51-54-57-60-63-66-73(83)89-76-75(85)74(84)72(67-80)88-78(76)87-68-69(70(81)64-61-58-55-52-49-21-18-15-12-9-6-3)79-77(86)71(82)65-62-59-56-53-50-47-45-43-41-39-33-31-29-27-25-23-20-17-14-11-8-5-2/h7-8,10-11,16-17,19-20,24-27,30-33,35-36,38,40-41,43,61,64,69-72,74-76,78,80-82,84-85H,4-6,9,12-15,18,21-23,28-29,34,37,39,42,44-60,62-63,65-68H2,1-3H3,(H,79,86)/b10-7-,11-8-,19-16-,20-17-,26-24-,27-25-,32-30-,33-31-,36-35-,40-38-,43-41-,64-61+. The third-order valence-corrected chi connectivity index (χ3v) is 15.7. The van der Waals surface area contributed by atoms with Gasteiger partial charge in [0.25, 0.3) is 0 Å². The lowest BCUT2D eigenvalue weighted by Gasteiger charge is -2.41. The van der Waals surface area contributed by atoms with Crippen LogP contribution in [0.1, 0.15) is 271 Å². The lowest BCUT2D eigenvalue weighted by Crippen LogP contribution is -2.61. The first kappa shape index (κ1) is 82.6. The molecule has 11 nitrogen and oxygen atoms in total. The smallest absolute Gasteiger partial charge is 0.306 e. The zero-order valence-electron chi connectivity index (χ0n) is 56.2. The van der Waals surface area contributed by atoms with Crippen molar-refractivity contribution in [2.24, 2.45) is 0 Å². The van der Waals surface area contributed by atoms with Gasteiger partial charge in [-0.1, -0.05) is 289 Å². The Morgan fingerprint density at radius 3 is 1.21 bits per heavy atom. The molecule has 11 heteroatoms. The van der Waals surface area contributed by atoms with Gasteiger partial charge in [0.15, 0.2) is 12.4 Å². The lowest BCUT2D eigenvalue weighted by molar-refractivity contribution is -0.305. The van der Waals surface area contributed by atoms with Crippen molar-refractivity contribution in [3.8, 4) is 0 Å². The molecular formula is C78H129NO10. The molecule has 1 fully saturated rings. The number of rotatable bonds is 59. The summed E-state index contributed by atoms with van der Waals surface area (Å²) in [6.45, 7) is 5.55. The Hall–Kier alpha value is -4.46. The molecule has 0 saturated carbocycles. The first-order valence-corrected chi connectivity index (χ1v) is 35.6. The molecule has 0 aromatic rings. The molecule has 6 N–H and O–H groups in total. The Labute approximate surface area is 543 Å². The van der Waals surface area contributed by atoms with E-state index in [1.165, 1.54) is 57.8 Å². The van der Waals surface area contributed by atoms with Gasteiger partial charge in [0, 0.05) is 6.42 Å². The Bertz CT molecular complexity index is 2010. The van der Waals surface area contributed by atoms with E-state index in [1.807, 2.05) is 6.08 Å². The van der Waals surface area contributed by atoms with E-state index in [0.29, 0.717) is 12.8 Å². The summed E-state index contributed by atoms with van der Waals surface area (Å²) in [7, 11) is 0. The molecule has 0 radical (unpaired) electrons. The second-order valence-corrected chi connectivity index (χ2v) is 23.9. The van der Waals surface area contributed by atoms with E-state index in [-0.39, 0.29) is 19.4 Å². The van der Waals surface area contributed by atoms with Crippen LogP contribution in [0.4, 0.5) is 0 Å². The minimum Gasteiger partial charge on any atom is -0.454 e. The number of unbranched alkanes of at least 4 members (excludes halogenated alkanes) is 23. The van der Waals surface area contributed by atoms with Gasteiger partial charge in [0.05, 0.1) is 25.4 Å². The van der Waals surface area contributed by atoms with Crippen LogP contribution in [0.5, 0.6) is 0 Å². The van der Waals surface area contributed by atoms with E-state index in [2.05, 4.69) is 160 Å². The van der Waals surface area contributed by atoms with E-state index in [4.69, 9.17) is 14.2 Å². The van der Waals surface area contributed by atoms with Crippen LogP contribution in [-0.4, -0.2) is 99.6 Å². The van der Waals surface area contributed by atoms with Gasteiger partial charge in [-0.15, -0.1) is 0 Å². The van der Waals surface area contributed by atoms with Crippen LogP contribution in [0.2, 0.25) is 0 Å². The second-order valence-electron chi connectivity index (χ2n) is 23.9. The lowest BCUT2D eigenvalue weighted by atomic mass is 9.99. The van der Waals surface area contributed by atoms with Crippen molar-refractivity contribution in [3.05, 3.63) is 146 Å². The monoisotopic (exact) mass is 1240 g/mol. The number of esters is 1. The third-order valence-electron chi connectivity index (χ3n) is 15.7. The molecular weight excluding hydrogens is 1110 g/mol. The maximum atomic E-state index is 13.5. The summed E-state index contributed by atoms with van der Waals surface area (Å²) in [6, 6.07) is -1.04. The molecule has 0 aromatic carbocycles. The van der Waals surface area contributed by atoms with E-state index >= 15 is 0 Å². The average molecular weight is 1240 g/mol. The highest BCUT2D eigenvalue weighted by Gasteiger charge is 2.47. The van der Waals surface area contributed by atoms with Crippen molar-refractivity contribution in [2.75, 3.05) is 13.2 Å². The van der Waals surface area contributed by atoms with Crippen LogP contribution >= 0.6 is 0 Å². The number of allylic oxidation sites excluding steroid dienone is 23. The minimum absolute atomic E-state index is 0.103. The average Bonchev–Trinajstić information content (AvgIpc) is 1.43. The molecule has 1 aliphatic heterocycles. The minimum atomic E-state index is -1.63. The summed E-state index contributed by atoms with van der Waals surface area (Å²) in [4.78, 5) is 26.7. The van der Waals surface area contributed by atoms with Crippen molar-refractivity contribution in [1.29, 1.82) is 0 Å². The summed E-state index contributed by atoms with van der Waals surface area (Å²) in [5.41, 5.74) is 0. The van der Waals surface area contributed by atoms with Crippen LogP contribution in [0.15, 0.2) is 146 Å². The quantitative estimate of drug-likeness (QED) is 0.0195. The first-order valence-electron chi connectivity index (χ1n) is 35.6. The topological polar surface area (TPSA) is 175 Å². The number of ether oxygens (including phenoxy) is 3. The number of carbonyl (C=O) groups excluding carboxylic acids is 2. The number of hydrogen-bond donors (Lipinski definition) is 6. The van der Waals surface area contributed by atoms with Crippen LogP contribution in [0.3, 0.4) is 0 Å². The van der Waals surface area contributed by atoms with Gasteiger partial charge >= 0.3 is 5.97 Å². The maximum Gasteiger partial charge on any atom is 0.306 e. The summed E-state index contributed by atoms with van der Waals surface area (Å²) < 4.78 is 17.7. The van der Waals surface area contributed by atoms with Gasteiger partial charge in [-0.25, -0.2) is 0 Å². The zero-order valence-corrected chi connectivity index (χ0v) is 56.2. The van der Waals surface area contributed by atoms with Gasteiger partial charge in [-0.05, 0) is 122 Å². The van der Waals surface area contributed by atoms with E-state index in [9.17, 15) is 35.1 Å². The Kier molecular flexibility index (Phi) is 59.1. The summed E-state index contributed by atoms with van der Waals surface area (Å²) >= 11 is 0. The Balaban J connectivity index is 2.58. The maximum absolute atomic E-state index is 13.5. The largest absolute Gasteiger partial charge is 0.454 e. The highest BCUT2D eigenvalue weighted by molar-refractivity contribution is 5.80. The van der Waals surface area contributed by atoms with Crippen LogP contribution < -0.4 is 5.32 Å².